The summed E-state index contributed by atoms with van der Waals surface area (Å²) in [6, 6.07) is 11.7. The molecular weight excluding hydrogens is 317 g/mol. The number of halogens is 2. The summed E-state index contributed by atoms with van der Waals surface area (Å²) in [6.07, 6.45) is 0.161. The Bertz CT molecular complexity index is 694. The average Bonchev–Trinajstić information content (AvgIpc) is 2.53. The summed E-state index contributed by atoms with van der Waals surface area (Å²) in [5.41, 5.74) is 2.74. The van der Waals surface area contributed by atoms with E-state index in [4.69, 9.17) is 11.6 Å². The van der Waals surface area contributed by atoms with Gasteiger partial charge in [0.2, 0.25) is 0 Å². The van der Waals surface area contributed by atoms with Gasteiger partial charge < -0.3 is 15.5 Å². The summed E-state index contributed by atoms with van der Waals surface area (Å²) in [7, 11) is 0. The highest BCUT2D eigenvalue weighted by Crippen LogP contribution is 2.31. The summed E-state index contributed by atoms with van der Waals surface area (Å²) in [5.74, 6) is -0.435. The van der Waals surface area contributed by atoms with Crippen LogP contribution >= 0.6 is 11.6 Å². The van der Waals surface area contributed by atoms with E-state index in [0.717, 1.165) is 12.0 Å². The minimum Gasteiger partial charge on any atom is -0.391 e. The first-order valence-electron chi connectivity index (χ1n) is 7.68. The van der Waals surface area contributed by atoms with Crippen LogP contribution in [0.15, 0.2) is 42.5 Å². The molecule has 1 aliphatic rings. The van der Waals surface area contributed by atoms with Crippen molar-refractivity contribution in [3.05, 3.63) is 70.0 Å². The maximum atomic E-state index is 13.1. The van der Waals surface area contributed by atoms with Crippen LogP contribution in [0.25, 0.3) is 0 Å². The van der Waals surface area contributed by atoms with Crippen molar-refractivity contribution < 1.29 is 14.6 Å². The fraction of sp³-hybridized carbons (Fsp3) is 0.333. The Kier molecular flexibility index (Phi) is 4.97. The number of aryl methyl sites for hydroxylation is 1. The van der Waals surface area contributed by atoms with Gasteiger partial charge >= 0.3 is 0 Å². The Morgan fingerprint density at radius 2 is 2.04 bits per heavy atom. The second-order valence-electron chi connectivity index (χ2n) is 5.87. The van der Waals surface area contributed by atoms with E-state index in [9.17, 15) is 14.6 Å². The molecule has 3 atom stereocenters. The average molecular weight is 336 g/mol. The summed E-state index contributed by atoms with van der Waals surface area (Å²) in [4.78, 5) is 0. The molecule has 5 heteroatoms. The first-order chi connectivity index (χ1) is 11.1. The fourth-order valence-electron chi connectivity index (χ4n) is 3.11. The Labute approximate surface area is 139 Å². The van der Waals surface area contributed by atoms with Crippen molar-refractivity contribution in [2.75, 3.05) is 6.54 Å². The van der Waals surface area contributed by atoms with Crippen molar-refractivity contribution in [2.24, 2.45) is 0 Å². The highest BCUT2D eigenvalue weighted by Gasteiger charge is 2.28. The molecule has 3 nitrogen and oxygen atoms in total. The molecule has 2 aromatic carbocycles. The highest BCUT2D eigenvalue weighted by molar-refractivity contribution is 6.31. The predicted molar refractivity (Wildman–Crippen MR) is 87.9 cm³/mol. The number of hydrogen-bond acceptors (Lipinski definition) is 3. The van der Waals surface area contributed by atoms with Crippen LogP contribution in [0, 0.1) is 5.82 Å². The fourth-order valence-corrected chi connectivity index (χ4v) is 3.40. The van der Waals surface area contributed by atoms with Crippen molar-refractivity contribution in [1.82, 2.24) is 5.32 Å². The third-order valence-corrected chi connectivity index (χ3v) is 4.66. The number of hydrogen-bond donors (Lipinski definition) is 3. The predicted octanol–water partition coefficient (Wildman–Crippen LogP) is 3.15. The van der Waals surface area contributed by atoms with Gasteiger partial charge in [-0.05, 0) is 36.1 Å². The lowest BCUT2D eigenvalue weighted by molar-refractivity contribution is 0.0964. The second kappa shape index (κ2) is 6.97. The monoisotopic (exact) mass is 335 g/mol. The molecule has 23 heavy (non-hydrogen) atoms. The van der Waals surface area contributed by atoms with E-state index in [1.807, 2.05) is 18.2 Å². The van der Waals surface area contributed by atoms with Gasteiger partial charge in [-0.3, -0.25) is 0 Å². The van der Waals surface area contributed by atoms with Gasteiger partial charge in [0.1, 0.15) is 5.82 Å². The lowest BCUT2D eigenvalue weighted by atomic mass is 9.85. The summed E-state index contributed by atoms with van der Waals surface area (Å²) >= 11 is 5.98. The van der Waals surface area contributed by atoms with Crippen LogP contribution in [0.3, 0.4) is 0 Å². The van der Waals surface area contributed by atoms with E-state index in [0.29, 0.717) is 12.0 Å². The first kappa shape index (κ1) is 16.4. The van der Waals surface area contributed by atoms with Gasteiger partial charge in [0, 0.05) is 17.1 Å². The van der Waals surface area contributed by atoms with Crippen LogP contribution in [-0.4, -0.2) is 22.9 Å². The zero-order chi connectivity index (χ0) is 16.4. The lowest BCUT2D eigenvalue weighted by Crippen LogP contribution is -2.38. The summed E-state index contributed by atoms with van der Waals surface area (Å²) < 4.78 is 13.1. The number of benzene rings is 2. The van der Waals surface area contributed by atoms with Crippen molar-refractivity contribution >= 4 is 11.6 Å². The molecule has 3 rings (SSSR count). The number of aliphatic hydroxyl groups excluding tert-OH is 2. The van der Waals surface area contributed by atoms with Crippen LogP contribution < -0.4 is 5.32 Å². The number of rotatable bonds is 4. The molecule has 1 aliphatic carbocycles. The topological polar surface area (TPSA) is 52.5 Å². The van der Waals surface area contributed by atoms with E-state index in [1.165, 1.54) is 23.8 Å². The molecule has 0 saturated heterocycles. The van der Waals surface area contributed by atoms with E-state index in [-0.39, 0.29) is 17.6 Å². The smallest absolute Gasteiger partial charge is 0.124 e. The van der Waals surface area contributed by atoms with Crippen LogP contribution in [0.4, 0.5) is 4.39 Å². The molecule has 122 valence electrons. The Morgan fingerprint density at radius 3 is 2.83 bits per heavy atom. The van der Waals surface area contributed by atoms with Crippen LogP contribution in [-0.2, 0) is 6.42 Å². The summed E-state index contributed by atoms with van der Waals surface area (Å²) in [5, 5.41) is 24.0. The van der Waals surface area contributed by atoms with Crippen molar-refractivity contribution in [3.63, 3.8) is 0 Å². The molecule has 0 spiro atoms. The van der Waals surface area contributed by atoms with Crippen LogP contribution in [0.5, 0.6) is 0 Å². The molecular formula is C18H19ClFNO2. The number of fused-ring (bicyclic) bond motifs is 1. The molecule has 0 bridgehead atoms. The van der Waals surface area contributed by atoms with Crippen LogP contribution in [0.1, 0.15) is 35.3 Å². The standard InChI is InChI=1S/C18H19ClFNO2/c19-15-9-12(20)6-7-14(15)17(23)10-21-18-13-4-2-1-3-11(13)5-8-16(18)22/h1-4,6-7,9,16-18,21-23H,5,8,10H2/t16-,17?,18+/m1/s1. The molecule has 3 N–H and O–H groups in total. The van der Waals surface area contributed by atoms with Gasteiger partial charge in [-0.25, -0.2) is 4.39 Å². The molecule has 0 heterocycles. The molecule has 0 radical (unpaired) electrons. The minimum atomic E-state index is -0.871. The largest absolute Gasteiger partial charge is 0.391 e. The molecule has 2 aromatic rings. The van der Waals surface area contributed by atoms with Crippen LogP contribution in [0.2, 0.25) is 5.02 Å². The van der Waals surface area contributed by atoms with Gasteiger partial charge in [0.15, 0.2) is 0 Å². The number of nitrogens with one attached hydrogen (secondary N) is 1. The first-order valence-corrected chi connectivity index (χ1v) is 8.06. The number of aliphatic hydroxyl groups is 2. The maximum Gasteiger partial charge on any atom is 0.124 e. The Morgan fingerprint density at radius 1 is 1.26 bits per heavy atom. The van der Waals surface area contributed by atoms with Crippen molar-refractivity contribution in [3.8, 4) is 0 Å². The third-order valence-electron chi connectivity index (χ3n) is 4.34. The molecule has 0 fully saturated rings. The zero-order valence-electron chi connectivity index (χ0n) is 12.5. The van der Waals surface area contributed by atoms with E-state index < -0.39 is 18.0 Å². The summed E-state index contributed by atoms with van der Waals surface area (Å²) in [6.45, 7) is 0.224. The van der Waals surface area contributed by atoms with Gasteiger partial charge in [0.25, 0.3) is 0 Å². The highest BCUT2D eigenvalue weighted by atomic mass is 35.5. The van der Waals surface area contributed by atoms with Gasteiger partial charge in [0.05, 0.1) is 18.2 Å². The zero-order valence-corrected chi connectivity index (χ0v) is 13.3. The molecule has 0 amide bonds. The minimum absolute atomic E-state index is 0.198. The van der Waals surface area contributed by atoms with E-state index >= 15 is 0 Å². The lowest BCUT2D eigenvalue weighted by Gasteiger charge is -2.32. The Hall–Kier alpha value is -1.46. The SMILES string of the molecule is OC(CN[C@H]1c2ccccc2CC[C@H]1O)c1ccc(F)cc1Cl. The van der Waals surface area contributed by atoms with Crippen molar-refractivity contribution in [2.45, 2.75) is 31.1 Å². The second-order valence-corrected chi connectivity index (χ2v) is 6.28. The van der Waals surface area contributed by atoms with E-state index in [2.05, 4.69) is 11.4 Å². The van der Waals surface area contributed by atoms with Gasteiger partial charge in [-0.1, -0.05) is 41.9 Å². The molecule has 0 saturated carbocycles. The molecule has 0 aromatic heterocycles. The van der Waals surface area contributed by atoms with Crippen molar-refractivity contribution in [1.29, 1.82) is 0 Å². The quantitative estimate of drug-likeness (QED) is 0.804. The molecule has 1 unspecified atom stereocenters. The normalized spacial score (nSPS) is 21.7. The van der Waals surface area contributed by atoms with Gasteiger partial charge in [-0.15, -0.1) is 0 Å². The third kappa shape index (κ3) is 3.56. The Balaban J connectivity index is 1.72. The van der Waals surface area contributed by atoms with Gasteiger partial charge in [-0.2, -0.15) is 0 Å². The maximum absolute atomic E-state index is 13.1. The van der Waals surface area contributed by atoms with E-state index in [1.54, 1.807) is 0 Å². The molecule has 0 aliphatic heterocycles.